The van der Waals surface area contributed by atoms with Gasteiger partial charge in [-0.2, -0.15) is 0 Å². The molecule has 0 radical (unpaired) electrons. The number of β-amino-alcohol motifs (C(OH)–C–C–N with tert-alkyl or cyclic N) is 1. The Bertz CT molecular complexity index is 1060. The topological polar surface area (TPSA) is 138 Å². The van der Waals surface area contributed by atoms with Crippen LogP contribution >= 0.6 is 36.2 Å². The first-order chi connectivity index (χ1) is 16.5. The molecule has 2 aromatic rings. The molecule has 1 aliphatic heterocycles. The molecule has 1 aliphatic rings. The van der Waals surface area contributed by atoms with Gasteiger partial charge in [0.05, 0.1) is 22.2 Å². The lowest BCUT2D eigenvalue weighted by atomic mass is 9.85. The number of aliphatic hydroxyl groups excluding tert-OH is 1. The molecule has 1 aromatic heterocycles. The number of hydrogen-bond donors (Lipinski definition) is 4. The van der Waals surface area contributed by atoms with Crippen LogP contribution in [0.4, 0.5) is 0 Å². The smallest absolute Gasteiger partial charge is 0.246 e. The van der Waals surface area contributed by atoms with Crippen LogP contribution in [0.1, 0.15) is 44.9 Å². The highest BCUT2D eigenvalue weighted by Gasteiger charge is 2.44. The number of hydrogen-bond acceptors (Lipinski definition) is 7. The number of nitrogens with one attached hydrogen (secondary N) is 2. The van der Waals surface area contributed by atoms with E-state index in [1.54, 1.807) is 11.3 Å². The number of thiazole rings is 1. The summed E-state index contributed by atoms with van der Waals surface area (Å²) in [7, 11) is 0. The molecule has 0 saturated carbocycles. The maximum Gasteiger partial charge on any atom is 0.246 e. The van der Waals surface area contributed by atoms with Gasteiger partial charge in [0.15, 0.2) is 0 Å². The molecule has 0 bridgehead atoms. The minimum atomic E-state index is -0.843. The average Bonchev–Trinajstić information content (AvgIpc) is 3.40. The lowest BCUT2D eigenvalue weighted by Crippen LogP contribution is -2.57. The fourth-order valence-electron chi connectivity index (χ4n) is 4.14. The number of rotatable bonds is 8. The highest BCUT2D eigenvalue weighted by Crippen LogP contribution is 2.28. The SMILES string of the molecule is Cc1ncsc1-c1ccc(CNC(=O)[C@@H]2C[C@@H](O)CN2C(=O)[C@@H](NC(=O)CCN)C(C)(C)C)cc1.Cl.Cl. The molecule has 1 aromatic carbocycles. The molecular weight excluding hydrogens is 537 g/mol. The molecule has 0 aliphatic carbocycles. The predicted molar refractivity (Wildman–Crippen MR) is 150 cm³/mol. The number of aromatic nitrogens is 1. The van der Waals surface area contributed by atoms with Crippen LogP contribution in [0.15, 0.2) is 29.8 Å². The zero-order valence-electron chi connectivity index (χ0n) is 21.5. The number of amides is 3. The molecule has 9 nitrogen and oxygen atoms in total. The number of aryl methyl sites for hydroxylation is 1. The number of carbonyl (C=O) groups is 3. The number of aliphatic hydroxyl groups is 1. The van der Waals surface area contributed by atoms with Gasteiger partial charge in [0.1, 0.15) is 12.1 Å². The van der Waals surface area contributed by atoms with E-state index in [2.05, 4.69) is 15.6 Å². The van der Waals surface area contributed by atoms with E-state index in [4.69, 9.17) is 5.73 Å². The number of likely N-dealkylation sites (tertiary alicyclic amines) is 1. The zero-order valence-corrected chi connectivity index (χ0v) is 24.0. The van der Waals surface area contributed by atoms with Crippen LogP contribution in [0.25, 0.3) is 10.4 Å². The fourth-order valence-corrected chi connectivity index (χ4v) is 4.96. The molecular formula is C25H37Cl2N5O4S. The summed E-state index contributed by atoms with van der Waals surface area (Å²) < 4.78 is 0. The van der Waals surface area contributed by atoms with Crippen molar-refractivity contribution < 1.29 is 19.5 Å². The Labute approximate surface area is 234 Å². The first-order valence-corrected chi connectivity index (χ1v) is 12.6. The van der Waals surface area contributed by atoms with Crippen molar-refractivity contribution in [3.05, 3.63) is 41.0 Å². The molecule has 5 N–H and O–H groups in total. The minimum absolute atomic E-state index is 0. The Morgan fingerprint density at radius 2 is 1.86 bits per heavy atom. The lowest BCUT2D eigenvalue weighted by molar-refractivity contribution is -0.144. The number of benzene rings is 1. The molecule has 206 valence electrons. The third-order valence-corrected chi connectivity index (χ3v) is 7.06. The molecule has 3 amide bonds. The van der Waals surface area contributed by atoms with Gasteiger partial charge in [0, 0.05) is 32.5 Å². The Hall–Kier alpha value is -2.24. The highest BCUT2D eigenvalue weighted by molar-refractivity contribution is 7.13. The number of carbonyl (C=O) groups excluding carboxylic acids is 3. The van der Waals surface area contributed by atoms with Gasteiger partial charge in [-0.25, -0.2) is 4.98 Å². The molecule has 1 fully saturated rings. The van der Waals surface area contributed by atoms with E-state index in [1.165, 1.54) is 4.90 Å². The molecule has 1 saturated heterocycles. The third kappa shape index (κ3) is 8.38. The van der Waals surface area contributed by atoms with Gasteiger partial charge in [-0.15, -0.1) is 36.2 Å². The zero-order chi connectivity index (χ0) is 25.8. The molecule has 12 heteroatoms. The molecule has 3 rings (SSSR count). The monoisotopic (exact) mass is 573 g/mol. The summed E-state index contributed by atoms with van der Waals surface area (Å²) in [5.41, 5.74) is 9.66. The van der Waals surface area contributed by atoms with Crippen molar-refractivity contribution in [2.75, 3.05) is 13.1 Å². The van der Waals surface area contributed by atoms with Gasteiger partial charge in [-0.1, -0.05) is 45.0 Å². The third-order valence-electron chi connectivity index (χ3n) is 6.08. The number of nitrogens with zero attached hydrogens (tertiary/aromatic N) is 2. The maximum absolute atomic E-state index is 13.4. The van der Waals surface area contributed by atoms with Crippen molar-refractivity contribution in [1.29, 1.82) is 0 Å². The van der Waals surface area contributed by atoms with Crippen LogP contribution in [0.3, 0.4) is 0 Å². The molecule has 37 heavy (non-hydrogen) atoms. The van der Waals surface area contributed by atoms with E-state index >= 15 is 0 Å². The fraction of sp³-hybridized carbons (Fsp3) is 0.520. The molecule has 3 atom stereocenters. The van der Waals surface area contributed by atoms with E-state index in [-0.39, 0.29) is 68.5 Å². The van der Waals surface area contributed by atoms with Gasteiger partial charge >= 0.3 is 0 Å². The van der Waals surface area contributed by atoms with Crippen molar-refractivity contribution in [3.63, 3.8) is 0 Å². The summed E-state index contributed by atoms with van der Waals surface area (Å²) in [5, 5.41) is 15.9. The van der Waals surface area contributed by atoms with E-state index in [9.17, 15) is 19.5 Å². The Kier molecular flexibility index (Phi) is 12.5. The molecule has 0 unspecified atom stereocenters. The average molecular weight is 575 g/mol. The Morgan fingerprint density at radius 1 is 1.22 bits per heavy atom. The van der Waals surface area contributed by atoms with Crippen molar-refractivity contribution >= 4 is 53.9 Å². The van der Waals surface area contributed by atoms with Gasteiger partial charge in [-0.3, -0.25) is 14.4 Å². The van der Waals surface area contributed by atoms with Crippen LogP contribution in [0, 0.1) is 12.3 Å². The summed E-state index contributed by atoms with van der Waals surface area (Å²) in [4.78, 5) is 45.4. The van der Waals surface area contributed by atoms with Crippen molar-refractivity contribution in [1.82, 2.24) is 20.5 Å². The van der Waals surface area contributed by atoms with Crippen molar-refractivity contribution in [2.24, 2.45) is 11.1 Å². The normalized spacial score (nSPS) is 17.8. The van der Waals surface area contributed by atoms with Crippen LogP contribution in [-0.2, 0) is 20.9 Å². The Balaban J connectivity index is 0.00000342. The number of nitrogens with two attached hydrogens (primary N) is 1. The van der Waals surface area contributed by atoms with Gasteiger partial charge in [0.25, 0.3) is 0 Å². The quantitative estimate of drug-likeness (QED) is 0.382. The molecule has 0 spiro atoms. The van der Waals surface area contributed by atoms with Crippen LogP contribution in [0.2, 0.25) is 0 Å². The van der Waals surface area contributed by atoms with E-state index in [0.717, 1.165) is 21.7 Å². The standard InChI is InChI=1S/C25H35N5O4S.2ClH/c1-15-21(35-14-28-15)17-7-5-16(6-8-17)12-27-23(33)19-11-18(31)13-30(19)24(34)22(25(2,3)4)29-20(32)9-10-26;;/h5-8,14,18-19,22,31H,9-13,26H2,1-4H3,(H,27,33)(H,29,32);2*1H/t18-,19+,22-;;/m1../s1. The van der Waals surface area contributed by atoms with E-state index < -0.39 is 23.6 Å². The Morgan fingerprint density at radius 3 is 2.41 bits per heavy atom. The van der Waals surface area contributed by atoms with Crippen LogP contribution < -0.4 is 16.4 Å². The summed E-state index contributed by atoms with van der Waals surface area (Å²) in [6.45, 7) is 8.02. The van der Waals surface area contributed by atoms with E-state index in [0.29, 0.717) is 6.54 Å². The van der Waals surface area contributed by atoms with Gasteiger partial charge < -0.3 is 26.4 Å². The van der Waals surface area contributed by atoms with E-state index in [1.807, 2.05) is 57.5 Å². The predicted octanol–water partition coefficient (Wildman–Crippen LogP) is 2.42. The highest BCUT2D eigenvalue weighted by atomic mass is 35.5. The summed E-state index contributed by atoms with van der Waals surface area (Å²) in [6, 6.07) is 6.23. The van der Waals surface area contributed by atoms with Crippen molar-refractivity contribution in [3.8, 4) is 10.4 Å². The lowest BCUT2D eigenvalue weighted by Gasteiger charge is -2.35. The number of halogens is 2. The first kappa shape index (κ1) is 32.8. The van der Waals surface area contributed by atoms with Crippen LogP contribution in [0.5, 0.6) is 0 Å². The van der Waals surface area contributed by atoms with Crippen molar-refractivity contribution in [2.45, 2.75) is 65.3 Å². The summed E-state index contributed by atoms with van der Waals surface area (Å²) in [5.74, 6) is -1.04. The van der Waals surface area contributed by atoms with Gasteiger partial charge in [-0.05, 0) is 23.5 Å². The summed E-state index contributed by atoms with van der Waals surface area (Å²) in [6.07, 6.45) is -0.556. The maximum atomic E-state index is 13.4. The minimum Gasteiger partial charge on any atom is -0.391 e. The first-order valence-electron chi connectivity index (χ1n) is 11.8. The van der Waals surface area contributed by atoms with Gasteiger partial charge in [0.2, 0.25) is 17.7 Å². The largest absolute Gasteiger partial charge is 0.391 e. The molecule has 2 heterocycles. The second-order valence-electron chi connectivity index (χ2n) is 9.98. The second kappa shape index (κ2) is 14.1. The van der Waals surface area contributed by atoms with Crippen LogP contribution in [-0.4, -0.2) is 64.0 Å². The summed E-state index contributed by atoms with van der Waals surface area (Å²) >= 11 is 1.58. The second-order valence-corrected chi connectivity index (χ2v) is 10.8.